The summed E-state index contributed by atoms with van der Waals surface area (Å²) >= 11 is 0. The normalized spacial score (nSPS) is 19.2. The van der Waals surface area contributed by atoms with Crippen molar-refractivity contribution in [3.05, 3.63) is 54.0 Å². The van der Waals surface area contributed by atoms with E-state index in [1.807, 2.05) is 0 Å². The van der Waals surface area contributed by atoms with Crippen molar-refractivity contribution >= 4 is 29.3 Å². The first kappa shape index (κ1) is 20.3. The highest BCUT2D eigenvalue weighted by Crippen LogP contribution is 2.29. The van der Waals surface area contributed by atoms with Crippen LogP contribution in [0.3, 0.4) is 0 Å². The van der Waals surface area contributed by atoms with Crippen molar-refractivity contribution in [2.24, 2.45) is 5.41 Å². The van der Waals surface area contributed by atoms with Crippen molar-refractivity contribution in [3.63, 3.8) is 0 Å². The molecule has 0 radical (unpaired) electrons. The predicted molar refractivity (Wildman–Crippen MR) is 105 cm³/mol. The molecule has 152 valence electrons. The minimum atomic E-state index is -1.35. The molecule has 1 atom stereocenters. The molecule has 1 fully saturated rings. The second-order valence-electron chi connectivity index (χ2n) is 8.13. The SMILES string of the molecule is CC(C)(C)C(=O)Nc1ccc(C(=O)CN2C(=O)N[C@](C)(c3ccco3)C2=O)cc1. The van der Waals surface area contributed by atoms with Gasteiger partial charge in [0.05, 0.1) is 12.8 Å². The van der Waals surface area contributed by atoms with Crippen molar-refractivity contribution in [1.82, 2.24) is 10.2 Å². The van der Waals surface area contributed by atoms with Gasteiger partial charge in [0, 0.05) is 16.7 Å². The molecule has 0 bridgehead atoms. The second kappa shape index (κ2) is 7.20. The number of Topliss-reactive ketones (excluding diaryl/α,β-unsaturated/α-hetero) is 1. The molecule has 29 heavy (non-hydrogen) atoms. The van der Waals surface area contributed by atoms with E-state index >= 15 is 0 Å². The molecule has 2 heterocycles. The van der Waals surface area contributed by atoms with Crippen LogP contribution < -0.4 is 10.6 Å². The number of carbonyl (C=O) groups is 4. The first-order valence-electron chi connectivity index (χ1n) is 9.15. The lowest BCUT2D eigenvalue weighted by molar-refractivity contribution is -0.131. The Morgan fingerprint density at radius 2 is 1.79 bits per heavy atom. The number of amides is 4. The van der Waals surface area contributed by atoms with Crippen molar-refractivity contribution in [2.45, 2.75) is 33.2 Å². The molecule has 3 rings (SSSR count). The molecule has 1 aliphatic rings. The van der Waals surface area contributed by atoms with Gasteiger partial charge in [-0.3, -0.25) is 19.3 Å². The number of nitrogens with one attached hydrogen (secondary N) is 2. The molecule has 8 heteroatoms. The lowest BCUT2D eigenvalue weighted by Crippen LogP contribution is -2.41. The van der Waals surface area contributed by atoms with E-state index in [0.717, 1.165) is 4.90 Å². The van der Waals surface area contributed by atoms with Crippen molar-refractivity contribution in [2.75, 3.05) is 11.9 Å². The highest BCUT2D eigenvalue weighted by Gasteiger charge is 2.51. The average Bonchev–Trinajstić information content (AvgIpc) is 3.26. The number of imide groups is 1. The monoisotopic (exact) mass is 397 g/mol. The quantitative estimate of drug-likeness (QED) is 0.596. The van der Waals surface area contributed by atoms with Gasteiger partial charge in [-0.15, -0.1) is 0 Å². The summed E-state index contributed by atoms with van der Waals surface area (Å²) in [5.41, 5.74) is -1.01. The molecule has 0 saturated carbocycles. The Hall–Kier alpha value is -3.42. The molecule has 0 aliphatic carbocycles. The summed E-state index contributed by atoms with van der Waals surface area (Å²) in [5.74, 6) is -0.802. The number of benzene rings is 1. The Bertz CT molecular complexity index is 957. The van der Waals surface area contributed by atoms with Crippen LogP contribution in [0.4, 0.5) is 10.5 Å². The molecule has 0 spiro atoms. The van der Waals surface area contributed by atoms with Gasteiger partial charge in [0.25, 0.3) is 5.91 Å². The molecule has 1 aromatic heterocycles. The fourth-order valence-corrected chi connectivity index (χ4v) is 2.86. The zero-order chi connectivity index (χ0) is 21.4. The van der Waals surface area contributed by atoms with Crippen LogP contribution in [0.2, 0.25) is 0 Å². The zero-order valence-electron chi connectivity index (χ0n) is 16.7. The third-order valence-electron chi connectivity index (χ3n) is 4.74. The Morgan fingerprint density at radius 3 is 2.34 bits per heavy atom. The molecule has 0 unspecified atom stereocenters. The van der Waals surface area contributed by atoms with Gasteiger partial charge < -0.3 is 15.1 Å². The summed E-state index contributed by atoms with van der Waals surface area (Å²) in [6.45, 7) is 6.54. The summed E-state index contributed by atoms with van der Waals surface area (Å²) in [7, 11) is 0. The van der Waals surface area contributed by atoms with E-state index < -0.39 is 35.2 Å². The van der Waals surface area contributed by atoms with E-state index in [1.165, 1.54) is 13.2 Å². The van der Waals surface area contributed by atoms with Gasteiger partial charge in [-0.25, -0.2) is 4.79 Å². The first-order valence-corrected chi connectivity index (χ1v) is 9.15. The van der Waals surface area contributed by atoms with Crippen LogP contribution in [0.1, 0.15) is 43.8 Å². The minimum absolute atomic E-state index is 0.145. The maximum absolute atomic E-state index is 12.8. The summed E-state index contributed by atoms with van der Waals surface area (Å²) < 4.78 is 5.26. The first-order chi connectivity index (χ1) is 13.5. The minimum Gasteiger partial charge on any atom is -0.466 e. The van der Waals surface area contributed by atoms with Crippen LogP contribution in [0.5, 0.6) is 0 Å². The van der Waals surface area contributed by atoms with Crippen LogP contribution in [0.25, 0.3) is 0 Å². The number of hydrogen-bond acceptors (Lipinski definition) is 5. The Balaban J connectivity index is 1.70. The molecular formula is C21H23N3O5. The fourth-order valence-electron chi connectivity index (χ4n) is 2.86. The fraction of sp³-hybridized carbons (Fsp3) is 0.333. The van der Waals surface area contributed by atoms with E-state index in [9.17, 15) is 19.2 Å². The third kappa shape index (κ3) is 3.91. The largest absolute Gasteiger partial charge is 0.466 e. The summed E-state index contributed by atoms with van der Waals surface area (Å²) in [6, 6.07) is 8.86. The number of ketones is 1. The van der Waals surface area contributed by atoms with Crippen LogP contribution >= 0.6 is 0 Å². The van der Waals surface area contributed by atoms with E-state index in [0.29, 0.717) is 17.0 Å². The van der Waals surface area contributed by atoms with E-state index in [4.69, 9.17) is 4.42 Å². The smallest absolute Gasteiger partial charge is 0.325 e. The molecule has 1 aromatic carbocycles. The number of carbonyl (C=O) groups excluding carboxylic acids is 4. The summed E-state index contributed by atoms with van der Waals surface area (Å²) in [6.07, 6.45) is 1.41. The van der Waals surface area contributed by atoms with Crippen LogP contribution in [0.15, 0.2) is 47.1 Å². The van der Waals surface area contributed by atoms with Gasteiger partial charge in [-0.1, -0.05) is 20.8 Å². The zero-order valence-corrected chi connectivity index (χ0v) is 16.7. The number of urea groups is 1. The molecule has 4 amide bonds. The summed E-state index contributed by atoms with van der Waals surface area (Å²) in [5, 5.41) is 5.35. The van der Waals surface area contributed by atoms with Crippen molar-refractivity contribution in [1.29, 1.82) is 0 Å². The molecule has 2 aromatic rings. The van der Waals surface area contributed by atoms with E-state index in [2.05, 4.69) is 10.6 Å². The molecule has 2 N–H and O–H groups in total. The summed E-state index contributed by atoms with van der Waals surface area (Å²) in [4.78, 5) is 50.6. The number of rotatable bonds is 5. The number of anilines is 1. The van der Waals surface area contributed by atoms with Gasteiger partial charge in [-0.2, -0.15) is 0 Å². The number of nitrogens with zero attached hydrogens (tertiary/aromatic N) is 1. The lowest BCUT2D eigenvalue weighted by atomic mass is 9.95. The Kier molecular flexibility index (Phi) is 5.04. The van der Waals surface area contributed by atoms with Crippen LogP contribution in [-0.4, -0.2) is 35.1 Å². The third-order valence-corrected chi connectivity index (χ3v) is 4.74. The van der Waals surface area contributed by atoms with E-state index in [1.54, 1.807) is 57.2 Å². The van der Waals surface area contributed by atoms with Gasteiger partial charge >= 0.3 is 6.03 Å². The van der Waals surface area contributed by atoms with Gasteiger partial charge in [0.2, 0.25) is 5.91 Å². The Morgan fingerprint density at radius 1 is 1.14 bits per heavy atom. The molecule has 8 nitrogen and oxygen atoms in total. The lowest BCUT2D eigenvalue weighted by Gasteiger charge is -2.19. The number of furan rings is 1. The van der Waals surface area contributed by atoms with Gasteiger partial charge in [0.1, 0.15) is 5.76 Å². The maximum Gasteiger partial charge on any atom is 0.325 e. The van der Waals surface area contributed by atoms with Gasteiger partial charge in [-0.05, 0) is 43.3 Å². The average molecular weight is 397 g/mol. The Labute approximate surface area is 168 Å². The molecule has 1 saturated heterocycles. The predicted octanol–water partition coefficient (Wildman–Crippen LogP) is 2.91. The maximum atomic E-state index is 12.8. The highest BCUT2D eigenvalue weighted by molar-refractivity contribution is 6.11. The number of hydrogen-bond donors (Lipinski definition) is 2. The highest BCUT2D eigenvalue weighted by atomic mass is 16.3. The molecule has 1 aliphatic heterocycles. The van der Waals surface area contributed by atoms with Crippen molar-refractivity contribution < 1.29 is 23.6 Å². The van der Waals surface area contributed by atoms with E-state index in [-0.39, 0.29) is 5.91 Å². The molecular weight excluding hydrogens is 374 g/mol. The van der Waals surface area contributed by atoms with Crippen LogP contribution in [-0.2, 0) is 15.1 Å². The second-order valence-corrected chi connectivity index (χ2v) is 8.13. The standard InChI is InChI=1S/C21H23N3O5/c1-20(2,3)17(26)22-14-9-7-13(8-10-14)15(25)12-24-18(27)21(4,23-19(24)28)16-6-5-11-29-16/h5-11H,12H2,1-4H3,(H,22,26)(H,23,28)/t21-/m1/s1. The van der Waals surface area contributed by atoms with Crippen LogP contribution in [0, 0.1) is 5.41 Å². The van der Waals surface area contributed by atoms with Gasteiger partial charge in [0.15, 0.2) is 11.3 Å². The topological polar surface area (TPSA) is 109 Å². The van der Waals surface area contributed by atoms with Crippen molar-refractivity contribution in [3.8, 4) is 0 Å².